The second-order valence-corrected chi connectivity index (χ2v) is 32.1. The van der Waals surface area contributed by atoms with Crippen LogP contribution in [0.15, 0.2) is 133 Å². The van der Waals surface area contributed by atoms with E-state index in [1.165, 1.54) is 78.2 Å². The molecule has 0 aliphatic carbocycles. The number of nitrogens with zero attached hydrogens (tertiary/aromatic N) is 4. The molecular formula is C60H78B2ClN4Si2. The Hall–Kier alpha value is -4.63. The molecule has 1 radical (unpaired) electrons. The molecule has 359 valence electrons. The Kier molecular flexibility index (Phi) is 14.9. The lowest BCUT2D eigenvalue weighted by Gasteiger charge is -2.72. The van der Waals surface area contributed by atoms with E-state index in [1.807, 2.05) is 0 Å². The molecule has 2 heterocycles. The third-order valence-electron chi connectivity index (χ3n) is 14.9. The van der Waals surface area contributed by atoms with Gasteiger partial charge in [-0.25, -0.2) is 0 Å². The summed E-state index contributed by atoms with van der Waals surface area (Å²) in [7, 11) is -5.67. The molecule has 2 aliphatic heterocycles. The number of halogens is 1. The molecule has 2 fully saturated rings. The monoisotopic (exact) mass is 968 g/mol. The lowest BCUT2D eigenvalue weighted by molar-refractivity contribution is 0.825. The maximum atomic E-state index is 9.78. The van der Waals surface area contributed by atoms with Gasteiger partial charge in [0.05, 0.1) is 0 Å². The first kappa shape index (κ1) is 50.8. The van der Waals surface area contributed by atoms with Gasteiger partial charge in [-0.15, -0.1) is 11.1 Å². The number of rotatable bonds is 15. The number of hydrogen-bond donors (Lipinski definition) is 0. The fourth-order valence-corrected chi connectivity index (χ4v) is 25.5. The van der Waals surface area contributed by atoms with Gasteiger partial charge in [-0.3, -0.25) is 0 Å². The van der Waals surface area contributed by atoms with Crippen LogP contribution >= 0.6 is 11.1 Å². The highest BCUT2D eigenvalue weighted by molar-refractivity contribution is 7.68. The zero-order valence-electron chi connectivity index (χ0n) is 44.6. The predicted octanol–water partition coefficient (Wildman–Crippen LogP) is 15.6. The summed E-state index contributed by atoms with van der Waals surface area (Å²) in [6.45, 7) is 37.9. The molecule has 69 heavy (non-hydrogen) atoms. The van der Waals surface area contributed by atoms with Gasteiger partial charge in [-0.2, -0.15) is 0 Å². The molecule has 8 rings (SSSR count). The molecule has 0 amide bonds. The summed E-state index contributed by atoms with van der Waals surface area (Å²) in [5, 5.41) is 0. The molecule has 2 saturated heterocycles. The molecule has 0 unspecified atom stereocenters. The summed E-state index contributed by atoms with van der Waals surface area (Å²) in [5.74, 6) is 2.29. The highest BCUT2D eigenvalue weighted by Gasteiger charge is 2.78. The average Bonchev–Trinajstić information content (AvgIpc) is 3.30. The largest absolute Gasteiger partial charge is 0.402 e. The Bertz CT molecular complexity index is 2490. The second kappa shape index (κ2) is 20.2. The van der Waals surface area contributed by atoms with Crippen LogP contribution in [0.25, 0.3) is 0 Å². The maximum Gasteiger partial charge on any atom is 0.398 e. The van der Waals surface area contributed by atoms with Crippen LogP contribution in [0, 0.1) is 0 Å². The van der Waals surface area contributed by atoms with Crippen molar-refractivity contribution >= 4 is 74.6 Å². The zero-order chi connectivity index (χ0) is 49.8. The second-order valence-electron chi connectivity index (χ2n) is 22.3. The number of anilines is 4. The van der Waals surface area contributed by atoms with Crippen molar-refractivity contribution in [1.29, 1.82) is 0 Å². The number of para-hydroxylation sites is 4. The van der Waals surface area contributed by atoms with Gasteiger partial charge in [0.2, 0.25) is 0 Å². The molecule has 0 atom stereocenters. The highest BCUT2D eigenvalue weighted by atomic mass is 35.6. The molecule has 6 aromatic carbocycles. The number of benzene rings is 6. The van der Waals surface area contributed by atoms with Crippen LogP contribution in [0.3, 0.4) is 0 Å². The Morgan fingerprint density at radius 1 is 0.319 bits per heavy atom. The van der Waals surface area contributed by atoms with Crippen molar-refractivity contribution in [3.05, 3.63) is 178 Å². The van der Waals surface area contributed by atoms with Gasteiger partial charge in [0.25, 0.3) is 0 Å². The lowest BCUT2D eigenvalue weighted by Crippen LogP contribution is -3.03. The Balaban J connectivity index is 1.63. The SMILES string of the molecule is CC(C)c1cccc(C(C)C)c1N1B(c2ccccc2)N(c2c(C(C)C)cccc2C(C)C)[Si]1[Si]1(Cl)N(c2c(C(C)C)cccc2C(C)C)B(c2ccccc2)N1c1c(C(C)C)cccc1C(C)C. The molecule has 0 saturated carbocycles. The summed E-state index contributed by atoms with van der Waals surface area (Å²) < 4.78 is 11.7. The van der Waals surface area contributed by atoms with E-state index >= 15 is 0 Å². The van der Waals surface area contributed by atoms with E-state index in [9.17, 15) is 11.1 Å². The highest BCUT2D eigenvalue weighted by Crippen LogP contribution is 2.56. The van der Waals surface area contributed by atoms with Gasteiger partial charge in [-0.05, 0) is 103 Å². The van der Waals surface area contributed by atoms with E-state index in [2.05, 4.69) is 262 Å². The first-order valence-corrected chi connectivity index (χ1v) is 31.5. The van der Waals surface area contributed by atoms with Crippen molar-refractivity contribution in [2.45, 2.75) is 158 Å². The molecule has 6 aromatic rings. The van der Waals surface area contributed by atoms with E-state index in [-0.39, 0.29) is 37.6 Å². The summed E-state index contributed by atoms with van der Waals surface area (Å²) in [6.07, 6.45) is 0. The molecule has 4 nitrogen and oxygen atoms in total. The third-order valence-corrected chi connectivity index (χ3v) is 26.7. The molecule has 2 aliphatic rings. The van der Waals surface area contributed by atoms with E-state index in [1.54, 1.807) is 0 Å². The van der Waals surface area contributed by atoms with Gasteiger partial charge >= 0.3 is 29.8 Å². The van der Waals surface area contributed by atoms with Gasteiger partial charge in [-0.1, -0.05) is 244 Å². The first-order chi connectivity index (χ1) is 32.8. The quantitative estimate of drug-likeness (QED) is 0.0751. The van der Waals surface area contributed by atoms with E-state index in [0.717, 1.165) is 0 Å². The fraction of sp³-hybridized carbons (Fsp3) is 0.400. The summed E-state index contributed by atoms with van der Waals surface area (Å²) >= 11 is 9.78. The van der Waals surface area contributed by atoms with Crippen molar-refractivity contribution in [2.75, 3.05) is 17.9 Å². The normalized spacial score (nSPS) is 15.4. The molecule has 9 heteroatoms. The van der Waals surface area contributed by atoms with Crippen LogP contribution in [0.4, 0.5) is 22.7 Å². The Morgan fingerprint density at radius 3 is 0.797 bits per heavy atom. The van der Waals surface area contributed by atoms with Crippen molar-refractivity contribution in [3.8, 4) is 0 Å². The van der Waals surface area contributed by atoms with Gasteiger partial charge < -0.3 is 17.9 Å². The number of hydrogen-bond acceptors (Lipinski definition) is 4. The minimum Gasteiger partial charge on any atom is -0.402 e. The summed E-state index contributed by atoms with van der Waals surface area (Å²) in [6, 6.07) is 51.3. The van der Waals surface area contributed by atoms with Crippen molar-refractivity contribution in [3.63, 3.8) is 0 Å². The van der Waals surface area contributed by atoms with Crippen molar-refractivity contribution in [1.82, 2.24) is 0 Å². The van der Waals surface area contributed by atoms with Gasteiger partial charge in [0.1, 0.15) is 0 Å². The lowest BCUT2D eigenvalue weighted by atomic mass is 9.65. The molecule has 0 spiro atoms. The first-order valence-electron chi connectivity index (χ1n) is 26.2. The van der Waals surface area contributed by atoms with Crippen LogP contribution < -0.4 is 28.8 Å². The zero-order valence-corrected chi connectivity index (χ0v) is 47.4. The Labute approximate surface area is 426 Å². The van der Waals surface area contributed by atoms with Gasteiger partial charge in [0, 0.05) is 22.7 Å². The van der Waals surface area contributed by atoms with Crippen LogP contribution in [-0.4, -0.2) is 29.8 Å². The summed E-state index contributed by atoms with van der Waals surface area (Å²) in [4.78, 5) is 0. The maximum absolute atomic E-state index is 9.78. The van der Waals surface area contributed by atoms with E-state index in [4.69, 9.17) is 0 Å². The topological polar surface area (TPSA) is 13.0 Å². The molecule has 0 aromatic heterocycles. The van der Waals surface area contributed by atoms with Crippen LogP contribution in [0.5, 0.6) is 0 Å². The third kappa shape index (κ3) is 8.73. The van der Waals surface area contributed by atoms with Crippen molar-refractivity contribution in [2.24, 2.45) is 0 Å². The predicted molar refractivity (Wildman–Crippen MR) is 309 cm³/mol. The van der Waals surface area contributed by atoms with E-state index < -0.39 is 15.9 Å². The molecular weight excluding hydrogens is 890 g/mol. The van der Waals surface area contributed by atoms with Crippen LogP contribution in [0.2, 0.25) is 0 Å². The molecule has 0 bridgehead atoms. The fourth-order valence-electron chi connectivity index (χ4n) is 11.4. The Morgan fingerprint density at radius 2 is 0.551 bits per heavy atom. The van der Waals surface area contributed by atoms with Gasteiger partial charge in [0.15, 0.2) is 0 Å². The van der Waals surface area contributed by atoms with E-state index in [0.29, 0.717) is 23.7 Å². The van der Waals surface area contributed by atoms with Crippen LogP contribution in [0.1, 0.15) is 203 Å². The van der Waals surface area contributed by atoms with Crippen molar-refractivity contribution < 1.29 is 0 Å². The summed E-state index contributed by atoms with van der Waals surface area (Å²) in [5.41, 5.74) is 19.1. The minimum atomic E-state index is -3.61. The standard InChI is InChI=1S/C60H78B2ClN4Si2/c1-39(2)49-31-23-32-50(40(3)4)57(49)64-61(47-27-19-17-20-28-47)65(58-51(41(5)6)33-24-34-52(58)42(7)8)68(64)69(63)66(59-53(43(9)10)35-25-36-54(59)44(11)12)62(48-29-21-18-22-30-48)67(69)60-55(45(13)14)37-26-38-56(60)46(15)16/h17-46H,1-16H3. The smallest absolute Gasteiger partial charge is 0.398 e. The molecule has 0 N–H and O–H groups in total. The van der Waals surface area contributed by atoms with Crippen LogP contribution in [-0.2, 0) is 0 Å². The average molecular weight is 969 g/mol. The minimum absolute atomic E-state index is 0.0905.